The second kappa shape index (κ2) is 10.8. The van der Waals surface area contributed by atoms with E-state index in [-0.39, 0.29) is 11.5 Å². The number of benzene rings is 1. The molecule has 0 bridgehead atoms. The maximum Gasteiger partial charge on any atom is 0.416 e. The number of likely N-dealkylation sites (N-methyl/N-ethyl adjacent to an activating group) is 1. The lowest BCUT2D eigenvalue weighted by atomic mass is 9.74. The first-order valence-electron chi connectivity index (χ1n) is 13.2. The minimum Gasteiger partial charge on any atom is -0.477 e. The number of nitrogens with zero attached hydrogens (tertiary/aromatic N) is 5. The number of carbonyl (C=O) groups is 1. The predicted octanol–water partition coefficient (Wildman–Crippen LogP) is 4.54. The Morgan fingerprint density at radius 3 is 2.62 bits per heavy atom. The lowest BCUT2D eigenvalue weighted by Crippen LogP contribution is -2.49. The fourth-order valence-corrected chi connectivity index (χ4v) is 5.61. The lowest BCUT2D eigenvalue weighted by Gasteiger charge is -2.39. The zero-order valence-corrected chi connectivity index (χ0v) is 22.3. The topological polar surface area (TPSA) is 94.4 Å². The van der Waals surface area contributed by atoms with E-state index in [0.717, 1.165) is 23.3 Å². The van der Waals surface area contributed by atoms with Crippen molar-refractivity contribution in [3.8, 4) is 23.2 Å². The third-order valence-corrected chi connectivity index (χ3v) is 7.62. The van der Waals surface area contributed by atoms with Gasteiger partial charge in [-0.2, -0.15) is 18.4 Å². The van der Waals surface area contributed by atoms with Crippen LogP contribution in [0.4, 0.5) is 24.7 Å². The summed E-state index contributed by atoms with van der Waals surface area (Å²) in [6.07, 6.45) is -1.99. The quantitative estimate of drug-likeness (QED) is 0.462. The first kappa shape index (κ1) is 27.4. The Balaban J connectivity index is 1.48. The molecular weight excluding hydrogens is 521 g/mol. The van der Waals surface area contributed by atoms with Crippen molar-refractivity contribution in [1.82, 2.24) is 15.3 Å². The van der Waals surface area contributed by atoms with Gasteiger partial charge in [-0.15, -0.1) is 0 Å². The molecule has 208 valence electrons. The van der Waals surface area contributed by atoms with E-state index in [0.29, 0.717) is 68.7 Å². The summed E-state index contributed by atoms with van der Waals surface area (Å²) in [5.74, 6) is 1.03. The van der Waals surface area contributed by atoms with Crippen molar-refractivity contribution in [2.45, 2.75) is 31.4 Å². The van der Waals surface area contributed by atoms with Gasteiger partial charge >= 0.3 is 6.18 Å². The van der Waals surface area contributed by atoms with Crippen LogP contribution in [-0.2, 0) is 16.4 Å². The molecule has 3 aromatic rings. The third-order valence-electron chi connectivity index (χ3n) is 7.62. The number of hydrogen-bond acceptors (Lipinski definition) is 7. The van der Waals surface area contributed by atoms with E-state index in [1.807, 2.05) is 49.2 Å². The van der Waals surface area contributed by atoms with Crippen molar-refractivity contribution in [2.75, 3.05) is 49.6 Å². The molecule has 1 amide bonds. The highest BCUT2D eigenvalue weighted by atomic mass is 19.4. The number of nitriles is 1. The number of ether oxygens (including phenoxy) is 1. The standard InChI is InChI=1S/C29H29F3N6O2/c1-3-40-26-21(5-4-12-35-26)23-8-7-22-25(36-23)38(16-13-34-2)27(39)28(22)10-14-37(15-11-28)24-9-6-20(29(30,31)32)17-19(24)18-33/h4-9,12,17,34H,3,10-11,13-16H2,1-2H3. The monoisotopic (exact) mass is 550 g/mol. The predicted molar refractivity (Wildman–Crippen MR) is 144 cm³/mol. The number of halogens is 3. The van der Waals surface area contributed by atoms with E-state index in [1.54, 1.807) is 11.1 Å². The fourth-order valence-electron chi connectivity index (χ4n) is 5.61. The van der Waals surface area contributed by atoms with Gasteiger partial charge in [0.15, 0.2) is 0 Å². The molecule has 2 aliphatic rings. The summed E-state index contributed by atoms with van der Waals surface area (Å²) < 4.78 is 45.3. The van der Waals surface area contributed by atoms with E-state index in [9.17, 15) is 23.2 Å². The molecule has 5 rings (SSSR count). The smallest absolute Gasteiger partial charge is 0.416 e. The van der Waals surface area contributed by atoms with Crippen LogP contribution >= 0.6 is 0 Å². The normalized spacial score (nSPS) is 16.2. The summed E-state index contributed by atoms with van der Waals surface area (Å²) in [6, 6.07) is 12.7. The summed E-state index contributed by atoms with van der Waals surface area (Å²) in [7, 11) is 1.82. The molecule has 2 aromatic heterocycles. The zero-order chi connectivity index (χ0) is 28.5. The molecule has 0 unspecified atom stereocenters. The number of piperidine rings is 1. The molecule has 4 heterocycles. The summed E-state index contributed by atoms with van der Waals surface area (Å²) in [4.78, 5) is 26.9. The maximum absolute atomic E-state index is 14.0. The number of nitrogens with one attached hydrogen (secondary N) is 1. The SMILES string of the molecule is CCOc1ncccc1-c1ccc2c(n1)N(CCNC)C(=O)C21CCN(c2ccc(C(F)(F)F)cc2C#N)CC1. The first-order valence-corrected chi connectivity index (χ1v) is 13.2. The maximum atomic E-state index is 14.0. The Bertz CT molecular complexity index is 1460. The Kier molecular flexibility index (Phi) is 7.38. The van der Waals surface area contributed by atoms with Gasteiger partial charge in [0.05, 0.1) is 40.1 Å². The van der Waals surface area contributed by atoms with Crippen LogP contribution in [0.5, 0.6) is 5.88 Å². The molecule has 40 heavy (non-hydrogen) atoms. The van der Waals surface area contributed by atoms with Gasteiger partial charge in [0.1, 0.15) is 11.9 Å². The first-order chi connectivity index (χ1) is 19.2. The number of aromatic nitrogens is 2. The molecule has 1 N–H and O–H groups in total. The highest BCUT2D eigenvalue weighted by Crippen LogP contribution is 2.49. The van der Waals surface area contributed by atoms with E-state index in [2.05, 4.69) is 10.3 Å². The Morgan fingerprint density at radius 1 is 1.18 bits per heavy atom. The molecule has 0 atom stereocenters. The molecular formula is C29H29F3N6O2. The second-order valence-corrected chi connectivity index (χ2v) is 9.83. The lowest BCUT2D eigenvalue weighted by molar-refractivity contribution is -0.137. The molecule has 8 nitrogen and oxygen atoms in total. The van der Waals surface area contributed by atoms with Gasteiger partial charge in [-0.3, -0.25) is 9.69 Å². The minimum atomic E-state index is -4.53. The van der Waals surface area contributed by atoms with E-state index < -0.39 is 17.2 Å². The Morgan fingerprint density at radius 2 is 1.95 bits per heavy atom. The van der Waals surface area contributed by atoms with E-state index >= 15 is 0 Å². The fraction of sp³-hybridized carbons (Fsp3) is 0.379. The van der Waals surface area contributed by atoms with E-state index in [4.69, 9.17) is 9.72 Å². The van der Waals surface area contributed by atoms with Crippen LogP contribution in [0.15, 0.2) is 48.7 Å². The van der Waals surface area contributed by atoms with Crippen LogP contribution in [0.2, 0.25) is 0 Å². The summed E-state index contributed by atoms with van der Waals surface area (Å²) in [5, 5.41) is 12.7. The highest BCUT2D eigenvalue weighted by molar-refractivity contribution is 6.07. The highest BCUT2D eigenvalue weighted by Gasteiger charge is 2.53. The van der Waals surface area contributed by atoms with Gasteiger partial charge < -0.3 is 15.0 Å². The van der Waals surface area contributed by atoms with Crippen LogP contribution < -0.4 is 19.9 Å². The molecule has 1 saturated heterocycles. The summed E-state index contributed by atoms with van der Waals surface area (Å²) in [5.41, 5.74) is 0.965. The molecule has 2 aliphatic heterocycles. The van der Waals surface area contributed by atoms with Gasteiger partial charge in [-0.05, 0) is 63.2 Å². The number of rotatable bonds is 7. The van der Waals surface area contributed by atoms with Gasteiger partial charge in [0, 0.05) is 37.9 Å². The number of fused-ring (bicyclic) bond motifs is 2. The minimum absolute atomic E-state index is 0.0348. The van der Waals surface area contributed by atoms with Crippen LogP contribution in [0, 0.1) is 11.3 Å². The average molecular weight is 551 g/mol. The Hall–Kier alpha value is -4.17. The zero-order valence-electron chi connectivity index (χ0n) is 22.3. The number of pyridine rings is 2. The largest absolute Gasteiger partial charge is 0.477 e. The summed E-state index contributed by atoms with van der Waals surface area (Å²) >= 11 is 0. The number of amides is 1. The number of alkyl halides is 3. The van der Waals surface area contributed by atoms with Crippen molar-refractivity contribution < 1.29 is 22.7 Å². The number of hydrogen-bond donors (Lipinski definition) is 1. The average Bonchev–Trinajstić information content (AvgIpc) is 3.18. The van der Waals surface area contributed by atoms with Crippen LogP contribution in [0.3, 0.4) is 0 Å². The molecule has 1 aromatic carbocycles. The molecule has 0 aliphatic carbocycles. The second-order valence-electron chi connectivity index (χ2n) is 9.83. The van der Waals surface area contributed by atoms with Gasteiger partial charge in [0.2, 0.25) is 11.8 Å². The third kappa shape index (κ3) is 4.73. The number of anilines is 2. The van der Waals surface area contributed by atoms with E-state index in [1.165, 1.54) is 6.07 Å². The van der Waals surface area contributed by atoms with Crippen molar-refractivity contribution in [2.24, 2.45) is 0 Å². The van der Waals surface area contributed by atoms with Crippen LogP contribution in [0.25, 0.3) is 11.3 Å². The molecule has 1 spiro atoms. The van der Waals surface area contributed by atoms with Crippen molar-refractivity contribution in [3.63, 3.8) is 0 Å². The molecule has 0 radical (unpaired) electrons. The van der Waals surface area contributed by atoms with Crippen LogP contribution in [0.1, 0.15) is 36.5 Å². The van der Waals surface area contributed by atoms with Gasteiger partial charge in [-0.25, -0.2) is 9.97 Å². The van der Waals surface area contributed by atoms with Crippen molar-refractivity contribution in [3.05, 3.63) is 65.4 Å². The number of carbonyl (C=O) groups excluding carboxylic acids is 1. The molecule has 0 saturated carbocycles. The Labute approximate surface area is 230 Å². The summed E-state index contributed by atoms with van der Waals surface area (Å²) in [6.45, 7) is 4.16. The van der Waals surface area contributed by atoms with Crippen molar-refractivity contribution >= 4 is 17.4 Å². The van der Waals surface area contributed by atoms with Gasteiger partial charge in [-0.1, -0.05) is 6.07 Å². The van der Waals surface area contributed by atoms with Gasteiger partial charge in [0.25, 0.3) is 0 Å². The van der Waals surface area contributed by atoms with Crippen molar-refractivity contribution in [1.29, 1.82) is 5.26 Å². The molecule has 11 heteroatoms. The van der Waals surface area contributed by atoms with Crippen LogP contribution in [-0.4, -0.2) is 55.7 Å². The molecule has 1 fully saturated rings.